The summed E-state index contributed by atoms with van der Waals surface area (Å²) in [5, 5.41) is 3.14. The second-order valence-corrected chi connectivity index (χ2v) is 4.53. The van der Waals surface area contributed by atoms with Gasteiger partial charge in [-0.25, -0.2) is 4.98 Å². The fraction of sp³-hybridized carbons (Fsp3) is 0.538. The first-order valence-electron chi connectivity index (χ1n) is 6.94. The van der Waals surface area contributed by atoms with Gasteiger partial charge in [-0.05, 0) is 13.3 Å². The summed E-state index contributed by atoms with van der Waals surface area (Å²) in [6, 6.07) is 0. The molecule has 0 saturated carbocycles. The summed E-state index contributed by atoms with van der Waals surface area (Å²) in [7, 11) is 2.00. The molecule has 20 heavy (non-hydrogen) atoms. The van der Waals surface area contributed by atoms with E-state index in [0.29, 0.717) is 17.8 Å². The highest BCUT2D eigenvalue weighted by molar-refractivity contribution is 5.39. The Morgan fingerprint density at radius 3 is 2.75 bits per heavy atom. The van der Waals surface area contributed by atoms with E-state index >= 15 is 0 Å². The van der Waals surface area contributed by atoms with Gasteiger partial charge in [0.1, 0.15) is 6.33 Å². The number of imidazole rings is 1. The number of anilines is 2. The van der Waals surface area contributed by atoms with Crippen LogP contribution in [0.25, 0.3) is 5.95 Å². The van der Waals surface area contributed by atoms with E-state index in [9.17, 15) is 0 Å². The zero-order valence-corrected chi connectivity index (χ0v) is 12.2. The van der Waals surface area contributed by atoms with Gasteiger partial charge >= 0.3 is 0 Å². The molecule has 0 aliphatic rings. The number of unbranched alkanes of at least 4 members (excludes halogenated alkanes) is 1. The quantitative estimate of drug-likeness (QED) is 0.829. The molecule has 7 nitrogen and oxygen atoms in total. The van der Waals surface area contributed by atoms with Crippen molar-refractivity contribution < 1.29 is 0 Å². The van der Waals surface area contributed by atoms with Crippen molar-refractivity contribution in [2.75, 3.05) is 30.4 Å². The Bertz CT molecular complexity index is 524. The minimum absolute atomic E-state index is 0.576. The van der Waals surface area contributed by atoms with Crippen molar-refractivity contribution in [2.24, 2.45) is 0 Å². The van der Waals surface area contributed by atoms with Crippen LogP contribution < -0.4 is 10.2 Å². The van der Waals surface area contributed by atoms with Gasteiger partial charge in [0.05, 0.1) is 0 Å². The molecular weight excluding hydrogens is 254 g/mol. The van der Waals surface area contributed by atoms with E-state index in [0.717, 1.165) is 25.9 Å². The second kappa shape index (κ2) is 6.83. The van der Waals surface area contributed by atoms with E-state index in [1.165, 1.54) is 0 Å². The molecule has 0 aromatic carbocycles. The third-order valence-corrected chi connectivity index (χ3v) is 2.87. The van der Waals surface area contributed by atoms with Crippen molar-refractivity contribution in [1.29, 1.82) is 0 Å². The molecule has 0 radical (unpaired) electrons. The van der Waals surface area contributed by atoms with Crippen LogP contribution in [0.5, 0.6) is 0 Å². The number of rotatable bonds is 7. The van der Waals surface area contributed by atoms with Gasteiger partial charge in [0.2, 0.25) is 17.8 Å². The number of hydrogen-bond donors (Lipinski definition) is 1. The molecule has 0 aliphatic carbocycles. The van der Waals surface area contributed by atoms with Crippen LogP contribution in [0.3, 0.4) is 0 Å². The number of hydrogen-bond acceptors (Lipinski definition) is 6. The Balaban J connectivity index is 2.31. The minimum Gasteiger partial charge on any atom is -0.354 e. The van der Waals surface area contributed by atoms with Crippen LogP contribution in [-0.2, 0) is 0 Å². The van der Waals surface area contributed by atoms with Crippen LogP contribution in [0, 0.1) is 0 Å². The maximum Gasteiger partial charge on any atom is 0.241 e. The number of nitrogens with zero attached hydrogens (tertiary/aromatic N) is 6. The topological polar surface area (TPSA) is 71.8 Å². The molecule has 2 rings (SSSR count). The lowest BCUT2D eigenvalue weighted by Crippen LogP contribution is -2.23. The molecule has 0 spiro atoms. The molecule has 1 N–H and O–H groups in total. The first-order valence-corrected chi connectivity index (χ1v) is 6.94. The van der Waals surface area contributed by atoms with Gasteiger partial charge in [-0.2, -0.15) is 15.0 Å². The monoisotopic (exact) mass is 275 g/mol. The van der Waals surface area contributed by atoms with Gasteiger partial charge in [-0.1, -0.05) is 13.3 Å². The molecule has 0 saturated heterocycles. The van der Waals surface area contributed by atoms with Crippen LogP contribution >= 0.6 is 0 Å². The fourth-order valence-electron chi connectivity index (χ4n) is 1.75. The Kier molecular flexibility index (Phi) is 4.86. The predicted molar refractivity (Wildman–Crippen MR) is 79.3 cm³/mol. The summed E-state index contributed by atoms with van der Waals surface area (Å²) < 4.78 is 1.78. The summed E-state index contributed by atoms with van der Waals surface area (Å²) in [5.74, 6) is 1.84. The molecule has 2 aromatic rings. The molecule has 0 atom stereocenters. The van der Waals surface area contributed by atoms with Crippen molar-refractivity contribution in [3.63, 3.8) is 0 Å². The average Bonchev–Trinajstić information content (AvgIpc) is 2.99. The van der Waals surface area contributed by atoms with Gasteiger partial charge in [0.15, 0.2) is 0 Å². The summed E-state index contributed by atoms with van der Waals surface area (Å²) in [5.41, 5.74) is 0. The lowest BCUT2D eigenvalue weighted by Gasteiger charge is -2.18. The Morgan fingerprint density at radius 1 is 1.25 bits per heavy atom. The Labute approximate surface area is 119 Å². The smallest absolute Gasteiger partial charge is 0.241 e. The van der Waals surface area contributed by atoms with Gasteiger partial charge < -0.3 is 10.2 Å². The zero-order chi connectivity index (χ0) is 14.4. The summed E-state index contributed by atoms with van der Waals surface area (Å²) >= 11 is 0. The van der Waals surface area contributed by atoms with E-state index in [1.54, 1.807) is 17.1 Å². The summed E-state index contributed by atoms with van der Waals surface area (Å²) in [4.78, 5) is 19.4. The van der Waals surface area contributed by atoms with Crippen molar-refractivity contribution in [3.8, 4) is 5.95 Å². The third-order valence-electron chi connectivity index (χ3n) is 2.87. The van der Waals surface area contributed by atoms with Crippen molar-refractivity contribution in [1.82, 2.24) is 24.5 Å². The Hall–Kier alpha value is -2.18. The van der Waals surface area contributed by atoms with E-state index in [2.05, 4.69) is 32.2 Å². The molecular formula is C13H21N7. The minimum atomic E-state index is 0.576. The van der Waals surface area contributed by atoms with E-state index < -0.39 is 0 Å². The number of nitrogens with one attached hydrogen (secondary N) is 1. The van der Waals surface area contributed by atoms with Crippen LogP contribution in [0.15, 0.2) is 18.7 Å². The molecule has 7 heteroatoms. The van der Waals surface area contributed by atoms with Gasteiger partial charge in [0, 0.05) is 32.5 Å². The highest BCUT2D eigenvalue weighted by Crippen LogP contribution is 2.12. The van der Waals surface area contributed by atoms with Crippen LogP contribution in [0.1, 0.15) is 26.7 Å². The molecule has 0 aliphatic heterocycles. The SMILES string of the molecule is CCCCN(C)c1nc(NCC)nc(-n2ccnc2)n1. The molecule has 0 unspecified atom stereocenters. The maximum atomic E-state index is 4.50. The van der Waals surface area contributed by atoms with Crippen LogP contribution in [0.2, 0.25) is 0 Å². The Morgan fingerprint density at radius 2 is 2.10 bits per heavy atom. The highest BCUT2D eigenvalue weighted by Gasteiger charge is 2.10. The first-order chi connectivity index (χ1) is 9.74. The lowest BCUT2D eigenvalue weighted by molar-refractivity contribution is 0.742. The predicted octanol–water partition coefficient (Wildman–Crippen LogP) is 1.73. The largest absolute Gasteiger partial charge is 0.354 e. The third kappa shape index (κ3) is 3.43. The van der Waals surface area contributed by atoms with Crippen molar-refractivity contribution in [2.45, 2.75) is 26.7 Å². The van der Waals surface area contributed by atoms with E-state index in [1.807, 2.05) is 25.1 Å². The molecule has 0 amide bonds. The standard InChI is InChI=1S/C13H21N7/c1-4-6-8-19(3)12-16-11(15-5-2)17-13(18-12)20-9-7-14-10-20/h7,9-10H,4-6,8H2,1-3H3,(H,15,16,17,18). The normalized spacial score (nSPS) is 10.6. The molecule has 2 heterocycles. The summed E-state index contributed by atoms with van der Waals surface area (Å²) in [6.45, 7) is 5.88. The van der Waals surface area contributed by atoms with Gasteiger partial charge in [0.25, 0.3) is 0 Å². The lowest BCUT2D eigenvalue weighted by atomic mass is 10.3. The van der Waals surface area contributed by atoms with Crippen LogP contribution in [-0.4, -0.2) is 44.6 Å². The molecule has 2 aromatic heterocycles. The van der Waals surface area contributed by atoms with Crippen molar-refractivity contribution in [3.05, 3.63) is 18.7 Å². The number of aromatic nitrogens is 5. The maximum absolute atomic E-state index is 4.50. The van der Waals surface area contributed by atoms with E-state index in [-0.39, 0.29) is 0 Å². The van der Waals surface area contributed by atoms with Crippen LogP contribution in [0.4, 0.5) is 11.9 Å². The van der Waals surface area contributed by atoms with E-state index in [4.69, 9.17) is 0 Å². The first kappa shape index (κ1) is 14.2. The fourth-order valence-corrected chi connectivity index (χ4v) is 1.75. The van der Waals surface area contributed by atoms with Gasteiger partial charge in [-0.3, -0.25) is 4.57 Å². The van der Waals surface area contributed by atoms with Crippen molar-refractivity contribution >= 4 is 11.9 Å². The molecule has 0 fully saturated rings. The zero-order valence-electron chi connectivity index (χ0n) is 12.2. The molecule has 108 valence electrons. The average molecular weight is 275 g/mol. The highest BCUT2D eigenvalue weighted by atomic mass is 15.3. The summed E-state index contributed by atoms with van der Waals surface area (Å²) in [6.07, 6.45) is 7.46. The second-order valence-electron chi connectivity index (χ2n) is 4.53. The molecule has 0 bridgehead atoms. The van der Waals surface area contributed by atoms with Gasteiger partial charge in [-0.15, -0.1) is 0 Å².